The van der Waals surface area contributed by atoms with E-state index in [0.717, 1.165) is 32.0 Å². The van der Waals surface area contributed by atoms with Gasteiger partial charge in [-0.05, 0) is 51.7 Å². The van der Waals surface area contributed by atoms with Crippen molar-refractivity contribution in [2.75, 3.05) is 39.3 Å². The van der Waals surface area contributed by atoms with E-state index >= 15 is 0 Å². The van der Waals surface area contributed by atoms with Crippen LogP contribution in [0.5, 0.6) is 0 Å². The lowest BCUT2D eigenvalue weighted by atomic mass is 9.99. The fourth-order valence-electron chi connectivity index (χ4n) is 2.44. The van der Waals surface area contributed by atoms with Gasteiger partial charge in [-0.3, -0.25) is 4.99 Å². The van der Waals surface area contributed by atoms with Gasteiger partial charge in [-0.25, -0.2) is 0 Å². The highest BCUT2D eigenvalue weighted by molar-refractivity contribution is 5.79. The second-order valence-electron chi connectivity index (χ2n) is 5.93. The van der Waals surface area contributed by atoms with E-state index in [4.69, 9.17) is 0 Å². The highest BCUT2D eigenvalue weighted by atomic mass is 19.4. The fourth-order valence-corrected chi connectivity index (χ4v) is 2.44. The third-order valence-electron chi connectivity index (χ3n) is 3.82. The Labute approximate surface area is 131 Å². The lowest BCUT2D eigenvalue weighted by Crippen LogP contribution is -2.39. The molecule has 7 heteroatoms. The molecule has 0 unspecified atom stereocenters. The number of rotatable bonds is 7. The maximum absolute atomic E-state index is 12.1. The summed E-state index contributed by atoms with van der Waals surface area (Å²) in [7, 11) is 0. The van der Waals surface area contributed by atoms with Gasteiger partial charge in [-0.2, -0.15) is 13.2 Å². The van der Waals surface area contributed by atoms with E-state index in [9.17, 15) is 13.2 Å². The first-order valence-corrected chi connectivity index (χ1v) is 8.22. The number of piperidine rings is 1. The average Bonchev–Trinajstić information content (AvgIpc) is 2.44. The van der Waals surface area contributed by atoms with Gasteiger partial charge >= 0.3 is 6.18 Å². The summed E-state index contributed by atoms with van der Waals surface area (Å²) >= 11 is 0. The van der Waals surface area contributed by atoms with Crippen LogP contribution in [0.3, 0.4) is 0 Å². The van der Waals surface area contributed by atoms with E-state index in [0.29, 0.717) is 19.0 Å². The largest absolute Gasteiger partial charge is 0.390 e. The molecule has 0 aromatic rings. The zero-order valence-electron chi connectivity index (χ0n) is 13.7. The maximum atomic E-state index is 12.1. The van der Waals surface area contributed by atoms with Crippen LogP contribution >= 0.6 is 0 Å². The Hall–Kier alpha value is -0.980. The first-order valence-electron chi connectivity index (χ1n) is 8.22. The Morgan fingerprint density at radius 2 is 1.91 bits per heavy atom. The van der Waals surface area contributed by atoms with Gasteiger partial charge < -0.3 is 15.5 Å². The quantitative estimate of drug-likeness (QED) is 0.430. The van der Waals surface area contributed by atoms with Gasteiger partial charge in [0, 0.05) is 19.6 Å². The van der Waals surface area contributed by atoms with E-state index in [1.807, 2.05) is 6.92 Å². The molecule has 1 aliphatic heterocycles. The lowest BCUT2D eigenvalue weighted by Gasteiger charge is -2.29. The summed E-state index contributed by atoms with van der Waals surface area (Å²) in [6, 6.07) is 0. The van der Waals surface area contributed by atoms with E-state index in [1.165, 1.54) is 12.8 Å². The molecular formula is C15H29F3N4. The van der Waals surface area contributed by atoms with Gasteiger partial charge in [0.1, 0.15) is 0 Å². The zero-order valence-corrected chi connectivity index (χ0v) is 13.7. The van der Waals surface area contributed by atoms with Crippen molar-refractivity contribution >= 4 is 5.96 Å². The average molecular weight is 322 g/mol. The molecule has 130 valence electrons. The molecule has 1 rings (SSSR count). The van der Waals surface area contributed by atoms with E-state index in [-0.39, 0.29) is 6.54 Å². The minimum absolute atomic E-state index is 0.140. The molecule has 0 saturated carbocycles. The van der Waals surface area contributed by atoms with Crippen LogP contribution in [0.2, 0.25) is 0 Å². The van der Waals surface area contributed by atoms with Crippen LogP contribution < -0.4 is 10.6 Å². The van der Waals surface area contributed by atoms with Crippen LogP contribution in [0.25, 0.3) is 0 Å². The molecule has 1 heterocycles. The van der Waals surface area contributed by atoms with Crippen molar-refractivity contribution in [2.24, 2.45) is 10.9 Å². The molecule has 0 atom stereocenters. The normalized spacial score (nSPS) is 18.5. The van der Waals surface area contributed by atoms with E-state index < -0.39 is 12.6 Å². The van der Waals surface area contributed by atoms with Crippen LogP contribution in [0.15, 0.2) is 4.99 Å². The summed E-state index contributed by atoms with van der Waals surface area (Å²) in [5.74, 6) is 1.30. The fraction of sp³-hybridized carbons (Fsp3) is 0.933. The van der Waals surface area contributed by atoms with Gasteiger partial charge in [0.05, 0.1) is 6.42 Å². The third-order valence-corrected chi connectivity index (χ3v) is 3.82. The van der Waals surface area contributed by atoms with Gasteiger partial charge in [-0.15, -0.1) is 0 Å². The van der Waals surface area contributed by atoms with Crippen molar-refractivity contribution in [2.45, 2.75) is 45.7 Å². The molecule has 2 N–H and O–H groups in total. The monoisotopic (exact) mass is 322 g/mol. The molecule has 4 nitrogen and oxygen atoms in total. The number of nitrogens with zero attached hydrogens (tertiary/aromatic N) is 2. The van der Waals surface area contributed by atoms with Crippen molar-refractivity contribution in [3.8, 4) is 0 Å². The van der Waals surface area contributed by atoms with Gasteiger partial charge in [0.2, 0.25) is 0 Å². The Morgan fingerprint density at radius 1 is 1.23 bits per heavy atom. The lowest BCUT2D eigenvalue weighted by molar-refractivity contribution is -0.132. The third kappa shape index (κ3) is 9.12. The standard InChI is InChI=1S/C15H29F3N4/c1-3-19-14(21-9-7-15(16,17)18)20-8-4-10-22-11-5-13(2)6-12-22/h13H,3-12H2,1-2H3,(H2,19,20,21). The molecule has 0 aromatic heterocycles. The number of hydrogen-bond donors (Lipinski definition) is 2. The summed E-state index contributed by atoms with van der Waals surface area (Å²) in [4.78, 5) is 6.78. The van der Waals surface area contributed by atoms with Crippen molar-refractivity contribution in [1.29, 1.82) is 0 Å². The molecule has 0 radical (unpaired) electrons. The minimum Gasteiger partial charge on any atom is -0.357 e. The summed E-state index contributed by atoms with van der Waals surface area (Å²) < 4.78 is 36.4. The Bertz CT molecular complexity index is 323. The van der Waals surface area contributed by atoms with Crippen LogP contribution in [0, 0.1) is 5.92 Å². The molecule has 0 amide bonds. The van der Waals surface area contributed by atoms with Crippen molar-refractivity contribution < 1.29 is 13.2 Å². The van der Waals surface area contributed by atoms with E-state index in [1.54, 1.807) is 0 Å². The molecule has 0 aliphatic carbocycles. The number of aliphatic imine (C=N–C) groups is 1. The Balaban J connectivity index is 2.21. The summed E-state index contributed by atoms with van der Waals surface area (Å²) in [5, 5.41) is 5.70. The number of likely N-dealkylation sites (tertiary alicyclic amines) is 1. The molecule has 1 saturated heterocycles. The smallest absolute Gasteiger partial charge is 0.357 e. The van der Waals surface area contributed by atoms with Crippen molar-refractivity contribution in [3.05, 3.63) is 0 Å². The predicted octanol–water partition coefficient (Wildman–Crippen LogP) is 2.62. The summed E-state index contributed by atoms with van der Waals surface area (Å²) in [5.41, 5.74) is 0. The Kier molecular flexibility index (Phi) is 8.60. The van der Waals surface area contributed by atoms with Crippen LogP contribution in [0.4, 0.5) is 13.2 Å². The van der Waals surface area contributed by atoms with Crippen LogP contribution in [-0.4, -0.2) is 56.3 Å². The zero-order chi connectivity index (χ0) is 16.4. The molecule has 0 bridgehead atoms. The number of nitrogens with one attached hydrogen (secondary N) is 2. The molecule has 22 heavy (non-hydrogen) atoms. The Morgan fingerprint density at radius 3 is 2.50 bits per heavy atom. The number of halogens is 3. The summed E-state index contributed by atoms with van der Waals surface area (Å²) in [6.45, 7) is 8.63. The maximum Gasteiger partial charge on any atom is 0.390 e. The first kappa shape index (κ1) is 19.1. The number of alkyl halides is 3. The van der Waals surface area contributed by atoms with Crippen LogP contribution in [0.1, 0.15) is 39.5 Å². The number of guanidine groups is 1. The molecule has 0 spiro atoms. The molecular weight excluding hydrogens is 293 g/mol. The van der Waals surface area contributed by atoms with E-state index in [2.05, 4.69) is 27.4 Å². The first-order chi connectivity index (χ1) is 10.4. The van der Waals surface area contributed by atoms with Gasteiger partial charge in [0.25, 0.3) is 0 Å². The second-order valence-corrected chi connectivity index (χ2v) is 5.93. The molecule has 1 aliphatic rings. The predicted molar refractivity (Wildman–Crippen MR) is 84.1 cm³/mol. The topological polar surface area (TPSA) is 39.7 Å². The highest BCUT2D eigenvalue weighted by Crippen LogP contribution is 2.18. The molecule has 0 aromatic carbocycles. The minimum atomic E-state index is -4.13. The van der Waals surface area contributed by atoms with Gasteiger partial charge in [0.15, 0.2) is 5.96 Å². The van der Waals surface area contributed by atoms with Crippen molar-refractivity contribution in [1.82, 2.24) is 15.5 Å². The SMILES string of the molecule is CCNC(=NCCCN1CCC(C)CC1)NCCC(F)(F)F. The second kappa shape index (κ2) is 9.92. The number of hydrogen-bond acceptors (Lipinski definition) is 2. The summed E-state index contributed by atoms with van der Waals surface area (Å²) in [6.07, 6.45) is -1.53. The molecule has 1 fully saturated rings. The van der Waals surface area contributed by atoms with Gasteiger partial charge in [-0.1, -0.05) is 6.92 Å². The highest BCUT2D eigenvalue weighted by Gasteiger charge is 2.26. The van der Waals surface area contributed by atoms with Crippen molar-refractivity contribution in [3.63, 3.8) is 0 Å². The van der Waals surface area contributed by atoms with Crippen LogP contribution in [-0.2, 0) is 0 Å².